The van der Waals surface area contributed by atoms with Gasteiger partial charge in [-0.15, -0.1) is 0 Å². The molecule has 1 aliphatic rings. The van der Waals surface area contributed by atoms with Crippen molar-refractivity contribution >= 4 is 6.09 Å². The van der Waals surface area contributed by atoms with E-state index in [1.807, 2.05) is 25.3 Å². The lowest BCUT2D eigenvalue weighted by molar-refractivity contribution is 0.140. The predicted molar refractivity (Wildman–Crippen MR) is 68.2 cm³/mol. The predicted octanol–water partition coefficient (Wildman–Crippen LogP) is 1.61. The molecule has 0 atom stereocenters. The maximum absolute atomic E-state index is 11.0. The molecule has 0 spiro atoms. The first-order valence-electron chi connectivity index (χ1n) is 6.12. The fourth-order valence-electron chi connectivity index (χ4n) is 2.28. The van der Waals surface area contributed by atoms with Crippen molar-refractivity contribution in [1.82, 2.24) is 19.7 Å². The molecule has 0 aromatic carbocycles. The number of hydrogen-bond donors (Lipinski definition) is 1. The van der Waals surface area contributed by atoms with E-state index >= 15 is 0 Å². The van der Waals surface area contributed by atoms with Crippen LogP contribution in [0.5, 0.6) is 0 Å². The van der Waals surface area contributed by atoms with Crippen LogP contribution in [0.3, 0.4) is 0 Å². The molecule has 98 valence electrons. The number of aromatic nitrogens is 3. The van der Waals surface area contributed by atoms with E-state index in [-0.39, 0.29) is 0 Å². The van der Waals surface area contributed by atoms with Gasteiger partial charge in [0.15, 0.2) is 0 Å². The van der Waals surface area contributed by atoms with Gasteiger partial charge in [0.2, 0.25) is 0 Å². The first-order valence-corrected chi connectivity index (χ1v) is 6.12. The van der Waals surface area contributed by atoms with Crippen LogP contribution in [0.15, 0.2) is 24.5 Å². The van der Waals surface area contributed by atoms with Crippen LogP contribution in [-0.4, -0.2) is 37.4 Å². The topological polar surface area (TPSA) is 71.2 Å². The highest BCUT2D eigenvalue weighted by atomic mass is 16.4. The number of carbonyl (C=O) groups is 1. The third-order valence-corrected chi connectivity index (χ3v) is 3.27. The molecule has 0 fully saturated rings. The molecule has 2 aromatic heterocycles. The number of amides is 1. The second-order valence-electron chi connectivity index (χ2n) is 4.66. The van der Waals surface area contributed by atoms with Crippen LogP contribution in [0, 0.1) is 6.92 Å². The lowest BCUT2D eigenvalue weighted by Crippen LogP contribution is -2.34. The summed E-state index contributed by atoms with van der Waals surface area (Å²) in [7, 11) is 0. The number of pyridine rings is 1. The molecule has 1 N–H and O–H groups in total. The van der Waals surface area contributed by atoms with Crippen LogP contribution >= 0.6 is 0 Å². The van der Waals surface area contributed by atoms with Gasteiger partial charge in [-0.2, -0.15) is 5.10 Å². The van der Waals surface area contributed by atoms with Crippen LogP contribution in [-0.2, 0) is 13.0 Å². The summed E-state index contributed by atoms with van der Waals surface area (Å²) in [4.78, 5) is 16.5. The van der Waals surface area contributed by atoms with Gasteiger partial charge >= 0.3 is 6.09 Å². The van der Waals surface area contributed by atoms with Crippen LogP contribution in [0.1, 0.15) is 17.0 Å². The molecule has 0 saturated carbocycles. The minimum atomic E-state index is -0.877. The number of nitrogens with zero attached hydrogens (tertiary/aromatic N) is 4. The van der Waals surface area contributed by atoms with E-state index in [1.165, 1.54) is 4.90 Å². The Labute approximate surface area is 110 Å². The largest absolute Gasteiger partial charge is 0.465 e. The van der Waals surface area contributed by atoms with Crippen LogP contribution in [0.2, 0.25) is 0 Å². The summed E-state index contributed by atoms with van der Waals surface area (Å²) in [5.41, 5.74) is 3.83. The third kappa shape index (κ3) is 2.16. The molecular formula is C13H14N4O2. The number of hydrogen-bond acceptors (Lipinski definition) is 3. The zero-order valence-electron chi connectivity index (χ0n) is 10.6. The molecule has 19 heavy (non-hydrogen) atoms. The van der Waals surface area contributed by atoms with Gasteiger partial charge in [0.1, 0.15) is 0 Å². The molecule has 0 saturated heterocycles. The zero-order chi connectivity index (χ0) is 13.4. The summed E-state index contributed by atoms with van der Waals surface area (Å²) in [6.45, 7) is 2.85. The van der Waals surface area contributed by atoms with Crippen molar-refractivity contribution < 1.29 is 9.90 Å². The van der Waals surface area contributed by atoms with Crippen molar-refractivity contribution in [3.8, 4) is 5.69 Å². The fourth-order valence-corrected chi connectivity index (χ4v) is 2.28. The Morgan fingerprint density at radius 1 is 1.47 bits per heavy atom. The highest BCUT2D eigenvalue weighted by Gasteiger charge is 2.22. The molecule has 3 heterocycles. The molecule has 0 bridgehead atoms. The van der Waals surface area contributed by atoms with E-state index in [0.29, 0.717) is 19.5 Å². The molecule has 1 amide bonds. The summed E-state index contributed by atoms with van der Waals surface area (Å²) in [6, 6.07) is 3.84. The van der Waals surface area contributed by atoms with E-state index in [9.17, 15) is 4.79 Å². The van der Waals surface area contributed by atoms with Crippen LogP contribution in [0.25, 0.3) is 5.69 Å². The Balaban J connectivity index is 1.93. The SMILES string of the molecule is Cc1cc(-n2cc3c(n2)CCN(C(=O)O)C3)ccn1. The number of fused-ring (bicyclic) bond motifs is 1. The lowest BCUT2D eigenvalue weighted by Gasteiger charge is -2.22. The average Bonchev–Trinajstić information content (AvgIpc) is 2.81. The van der Waals surface area contributed by atoms with Gasteiger partial charge in [0.25, 0.3) is 0 Å². The van der Waals surface area contributed by atoms with E-state index in [0.717, 1.165) is 22.6 Å². The fraction of sp³-hybridized carbons (Fsp3) is 0.308. The number of aryl methyl sites for hydroxylation is 1. The van der Waals surface area contributed by atoms with Gasteiger partial charge < -0.3 is 10.0 Å². The van der Waals surface area contributed by atoms with Gasteiger partial charge in [-0.05, 0) is 19.1 Å². The maximum atomic E-state index is 11.0. The molecule has 2 aromatic rings. The summed E-state index contributed by atoms with van der Waals surface area (Å²) < 4.78 is 1.80. The Morgan fingerprint density at radius 2 is 2.32 bits per heavy atom. The average molecular weight is 258 g/mol. The summed E-state index contributed by atoms with van der Waals surface area (Å²) in [5, 5.41) is 13.5. The molecule has 3 rings (SSSR count). The van der Waals surface area contributed by atoms with E-state index in [1.54, 1.807) is 10.9 Å². The number of rotatable bonds is 1. The normalized spacial score (nSPS) is 14.3. The second-order valence-corrected chi connectivity index (χ2v) is 4.66. The summed E-state index contributed by atoms with van der Waals surface area (Å²) in [6.07, 6.45) is 3.44. The Kier molecular flexibility index (Phi) is 2.70. The maximum Gasteiger partial charge on any atom is 0.407 e. The Hall–Kier alpha value is -2.37. The quantitative estimate of drug-likeness (QED) is 0.843. The van der Waals surface area contributed by atoms with E-state index in [4.69, 9.17) is 5.11 Å². The zero-order valence-corrected chi connectivity index (χ0v) is 10.6. The first kappa shape index (κ1) is 11.7. The van der Waals surface area contributed by atoms with Gasteiger partial charge in [-0.3, -0.25) is 4.98 Å². The Morgan fingerprint density at radius 3 is 3.05 bits per heavy atom. The van der Waals surface area contributed by atoms with Crippen molar-refractivity contribution in [3.63, 3.8) is 0 Å². The molecule has 6 nitrogen and oxygen atoms in total. The van der Waals surface area contributed by atoms with Gasteiger partial charge in [0, 0.05) is 36.6 Å². The standard InChI is InChI=1S/C13H14N4O2/c1-9-6-11(2-4-14-9)17-8-10-7-16(13(18)19)5-3-12(10)15-17/h2,4,6,8H,3,5,7H2,1H3,(H,18,19). The van der Waals surface area contributed by atoms with Crippen molar-refractivity contribution in [2.45, 2.75) is 19.9 Å². The first-order chi connectivity index (χ1) is 9.13. The molecule has 0 unspecified atom stereocenters. The van der Waals surface area contributed by atoms with Gasteiger partial charge in [-0.1, -0.05) is 0 Å². The van der Waals surface area contributed by atoms with Crippen molar-refractivity contribution in [1.29, 1.82) is 0 Å². The van der Waals surface area contributed by atoms with Crippen molar-refractivity contribution in [3.05, 3.63) is 41.5 Å². The van der Waals surface area contributed by atoms with E-state index < -0.39 is 6.09 Å². The summed E-state index contributed by atoms with van der Waals surface area (Å²) in [5.74, 6) is 0. The van der Waals surface area contributed by atoms with Gasteiger partial charge in [-0.25, -0.2) is 9.48 Å². The molecule has 1 aliphatic heterocycles. The number of carboxylic acid groups (broad SMARTS) is 1. The molecule has 6 heteroatoms. The van der Waals surface area contributed by atoms with Gasteiger partial charge in [0.05, 0.1) is 17.9 Å². The molecule has 0 aliphatic carbocycles. The Bertz CT molecular complexity index is 635. The monoisotopic (exact) mass is 258 g/mol. The van der Waals surface area contributed by atoms with Crippen LogP contribution in [0.4, 0.5) is 4.79 Å². The second kappa shape index (κ2) is 4.38. The lowest BCUT2D eigenvalue weighted by atomic mass is 10.1. The van der Waals surface area contributed by atoms with E-state index in [2.05, 4.69) is 10.1 Å². The summed E-state index contributed by atoms with van der Waals surface area (Å²) >= 11 is 0. The highest BCUT2D eigenvalue weighted by Crippen LogP contribution is 2.19. The molecule has 0 radical (unpaired) electrons. The minimum Gasteiger partial charge on any atom is -0.465 e. The smallest absolute Gasteiger partial charge is 0.407 e. The minimum absolute atomic E-state index is 0.411. The highest BCUT2D eigenvalue weighted by molar-refractivity contribution is 5.65. The molecular weight excluding hydrogens is 244 g/mol. The van der Waals surface area contributed by atoms with Crippen LogP contribution < -0.4 is 0 Å². The van der Waals surface area contributed by atoms with Crippen molar-refractivity contribution in [2.24, 2.45) is 0 Å². The van der Waals surface area contributed by atoms with Crippen molar-refractivity contribution in [2.75, 3.05) is 6.54 Å². The third-order valence-electron chi connectivity index (χ3n) is 3.27.